The molecule has 1 aliphatic rings. The highest BCUT2D eigenvalue weighted by molar-refractivity contribution is 7.89. The number of nitrogens with one attached hydrogen (secondary N) is 1. The molecule has 132 valence electrons. The number of amides is 1. The molecule has 25 heavy (non-hydrogen) atoms. The Morgan fingerprint density at radius 3 is 2.56 bits per heavy atom. The first kappa shape index (κ1) is 17.4. The van der Waals surface area contributed by atoms with Crippen molar-refractivity contribution < 1.29 is 17.6 Å². The summed E-state index contributed by atoms with van der Waals surface area (Å²) in [5.74, 6) is 0.127. The van der Waals surface area contributed by atoms with Gasteiger partial charge in [-0.25, -0.2) is 8.42 Å². The summed E-state index contributed by atoms with van der Waals surface area (Å²) in [5.41, 5.74) is 0.280. The second-order valence-corrected chi connectivity index (χ2v) is 7.71. The van der Waals surface area contributed by atoms with Crippen molar-refractivity contribution in [2.24, 2.45) is 0 Å². The zero-order valence-corrected chi connectivity index (χ0v) is 14.5. The SMILES string of the molecule is O=C(C=Cc1ccco1)Nc1ccccc1S(=O)(=O)N1CCCCC1. The molecule has 2 aromatic rings. The van der Waals surface area contributed by atoms with Crippen LogP contribution in [-0.2, 0) is 14.8 Å². The number of nitrogens with zero attached hydrogens (tertiary/aromatic N) is 1. The van der Waals surface area contributed by atoms with E-state index >= 15 is 0 Å². The molecule has 0 radical (unpaired) electrons. The van der Waals surface area contributed by atoms with Crippen molar-refractivity contribution in [3.63, 3.8) is 0 Å². The van der Waals surface area contributed by atoms with E-state index < -0.39 is 15.9 Å². The van der Waals surface area contributed by atoms with Crippen molar-refractivity contribution >= 4 is 27.7 Å². The number of para-hydroxylation sites is 1. The predicted octanol–water partition coefficient (Wildman–Crippen LogP) is 3.11. The maximum absolute atomic E-state index is 12.9. The summed E-state index contributed by atoms with van der Waals surface area (Å²) in [6.45, 7) is 1.03. The fourth-order valence-electron chi connectivity index (χ4n) is 2.76. The summed E-state index contributed by atoms with van der Waals surface area (Å²) in [7, 11) is -3.62. The van der Waals surface area contributed by atoms with E-state index in [1.165, 1.54) is 28.8 Å². The summed E-state index contributed by atoms with van der Waals surface area (Å²) < 4.78 is 32.4. The van der Waals surface area contributed by atoms with Crippen molar-refractivity contribution in [2.45, 2.75) is 24.2 Å². The summed E-state index contributed by atoms with van der Waals surface area (Å²) in [5, 5.41) is 2.64. The van der Waals surface area contributed by atoms with Crippen LogP contribution < -0.4 is 5.32 Å². The van der Waals surface area contributed by atoms with Gasteiger partial charge in [0.2, 0.25) is 15.9 Å². The molecule has 1 aromatic carbocycles. The molecule has 0 saturated carbocycles. The standard InChI is InChI=1S/C18H20N2O4S/c21-18(11-10-15-7-6-14-24-15)19-16-8-2-3-9-17(16)25(22,23)20-12-4-1-5-13-20/h2-3,6-11,14H,1,4-5,12-13H2,(H,19,21). The third-order valence-electron chi connectivity index (χ3n) is 4.02. The molecular weight excluding hydrogens is 340 g/mol. The topological polar surface area (TPSA) is 79.6 Å². The molecule has 6 nitrogen and oxygen atoms in total. The van der Waals surface area contributed by atoms with Crippen LogP contribution >= 0.6 is 0 Å². The average molecular weight is 360 g/mol. The lowest BCUT2D eigenvalue weighted by molar-refractivity contribution is -0.111. The largest absolute Gasteiger partial charge is 0.465 e. The molecule has 0 bridgehead atoms. The van der Waals surface area contributed by atoms with Gasteiger partial charge in [-0.2, -0.15) is 4.31 Å². The number of carbonyl (C=O) groups is 1. The zero-order chi connectivity index (χ0) is 17.7. The molecule has 1 saturated heterocycles. The number of piperidine rings is 1. The zero-order valence-electron chi connectivity index (χ0n) is 13.7. The molecular formula is C18H20N2O4S. The maximum Gasteiger partial charge on any atom is 0.248 e. The molecule has 0 unspecified atom stereocenters. The molecule has 2 heterocycles. The van der Waals surface area contributed by atoms with Crippen LogP contribution in [0.4, 0.5) is 5.69 Å². The monoisotopic (exact) mass is 360 g/mol. The number of furan rings is 1. The Balaban J connectivity index is 1.79. The Bertz CT molecular complexity index is 851. The molecule has 7 heteroatoms. The highest BCUT2D eigenvalue weighted by atomic mass is 32.2. The van der Waals surface area contributed by atoms with E-state index in [0.29, 0.717) is 18.8 Å². The Hall–Kier alpha value is -2.38. The fraction of sp³-hybridized carbons (Fsp3) is 0.278. The summed E-state index contributed by atoms with van der Waals surface area (Å²) in [6.07, 6.45) is 7.11. The van der Waals surface area contributed by atoms with Crippen LogP contribution in [0.15, 0.2) is 58.1 Å². The van der Waals surface area contributed by atoms with E-state index in [2.05, 4.69) is 5.32 Å². The summed E-state index contributed by atoms with van der Waals surface area (Å²) in [4.78, 5) is 12.2. The number of benzene rings is 1. The number of anilines is 1. The molecule has 3 rings (SSSR count). The first-order chi connectivity index (χ1) is 12.1. The van der Waals surface area contributed by atoms with E-state index in [4.69, 9.17) is 4.42 Å². The van der Waals surface area contributed by atoms with Crippen molar-refractivity contribution in [3.05, 3.63) is 54.5 Å². The number of rotatable bonds is 5. The highest BCUT2D eigenvalue weighted by Gasteiger charge is 2.28. The average Bonchev–Trinajstić information content (AvgIpc) is 3.15. The van der Waals surface area contributed by atoms with Gasteiger partial charge in [0.15, 0.2) is 0 Å². The van der Waals surface area contributed by atoms with E-state index in [9.17, 15) is 13.2 Å². The number of carbonyl (C=O) groups excluding carboxylic acids is 1. The smallest absolute Gasteiger partial charge is 0.248 e. The Labute approximate surface area is 147 Å². The van der Waals surface area contributed by atoms with Gasteiger partial charge in [0.05, 0.1) is 12.0 Å². The quantitative estimate of drug-likeness (QED) is 0.831. The lowest BCUT2D eigenvalue weighted by atomic mass is 10.2. The van der Waals surface area contributed by atoms with E-state index in [1.54, 1.807) is 30.3 Å². The maximum atomic E-state index is 12.9. The Morgan fingerprint density at radius 1 is 1.08 bits per heavy atom. The highest BCUT2D eigenvalue weighted by Crippen LogP contribution is 2.26. The summed E-state index contributed by atoms with van der Waals surface area (Å²) in [6, 6.07) is 9.91. The molecule has 1 amide bonds. The van der Waals surface area contributed by atoms with Crippen LogP contribution in [0.3, 0.4) is 0 Å². The van der Waals surface area contributed by atoms with Crippen LogP contribution in [0.2, 0.25) is 0 Å². The second kappa shape index (κ2) is 7.67. The predicted molar refractivity (Wildman–Crippen MR) is 95.4 cm³/mol. The Kier molecular flexibility index (Phi) is 5.35. The minimum Gasteiger partial charge on any atom is -0.465 e. The van der Waals surface area contributed by atoms with E-state index in [-0.39, 0.29) is 10.6 Å². The number of sulfonamides is 1. The molecule has 0 atom stereocenters. The van der Waals surface area contributed by atoms with E-state index in [0.717, 1.165) is 19.3 Å². The van der Waals surface area contributed by atoms with Crippen LogP contribution in [0.1, 0.15) is 25.0 Å². The molecule has 1 fully saturated rings. The van der Waals surface area contributed by atoms with Gasteiger partial charge in [-0.05, 0) is 43.2 Å². The van der Waals surface area contributed by atoms with Gasteiger partial charge in [0, 0.05) is 19.2 Å². The minimum absolute atomic E-state index is 0.122. The van der Waals surface area contributed by atoms with Gasteiger partial charge in [-0.3, -0.25) is 4.79 Å². The summed E-state index contributed by atoms with van der Waals surface area (Å²) >= 11 is 0. The molecule has 0 spiro atoms. The normalized spacial score (nSPS) is 16.2. The van der Waals surface area contributed by atoms with Crippen LogP contribution in [-0.4, -0.2) is 31.7 Å². The minimum atomic E-state index is -3.62. The fourth-order valence-corrected chi connectivity index (χ4v) is 4.42. The molecule has 1 aromatic heterocycles. The number of hydrogen-bond donors (Lipinski definition) is 1. The van der Waals surface area contributed by atoms with Gasteiger partial charge >= 0.3 is 0 Å². The first-order valence-corrected chi connectivity index (χ1v) is 9.63. The van der Waals surface area contributed by atoms with Crippen molar-refractivity contribution in [3.8, 4) is 0 Å². The first-order valence-electron chi connectivity index (χ1n) is 8.19. The van der Waals surface area contributed by atoms with Crippen LogP contribution in [0, 0.1) is 0 Å². The Morgan fingerprint density at radius 2 is 1.84 bits per heavy atom. The lowest BCUT2D eigenvalue weighted by Gasteiger charge is -2.26. The second-order valence-electron chi connectivity index (χ2n) is 5.80. The number of hydrogen-bond acceptors (Lipinski definition) is 4. The van der Waals surface area contributed by atoms with Crippen molar-refractivity contribution in [1.29, 1.82) is 0 Å². The third-order valence-corrected chi connectivity index (χ3v) is 5.98. The van der Waals surface area contributed by atoms with Gasteiger partial charge in [-0.1, -0.05) is 18.6 Å². The van der Waals surface area contributed by atoms with Gasteiger partial charge in [0.25, 0.3) is 0 Å². The van der Waals surface area contributed by atoms with Crippen molar-refractivity contribution in [2.75, 3.05) is 18.4 Å². The lowest BCUT2D eigenvalue weighted by Crippen LogP contribution is -2.36. The third kappa shape index (κ3) is 4.18. The van der Waals surface area contributed by atoms with Crippen LogP contribution in [0.5, 0.6) is 0 Å². The molecule has 0 aliphatic carbocycles. The molecule has 1 aliphatic heterocycles. The van der Waals surface area contributed by atoms with Crippen molar-refractivity contribution in [1.82, 2.24) is 4.31 Å². The molecule has 1 N–H and O–H groups in total. The van der Waals surface area contributed by atoms with Gasteiger partial charge in [-0.15, -0.1) is 0 Å². The van der Waals surface area contributed by atoms with Gasteiger partial charge in [0.1, 0.15) is 10.7 Å². The van der Waals surface area contributed by atoms with E-state index in [1.807, 2.05) is 0 Å². The van der Waals surface area contributed by atoms with Gasteiger partial charge < -0.3 is 9.73 Å². The van der Waals surface area contributed by atoms with Crippen LogP contribution in [0.25, 0.3) is 6.08 Å².